The van der Waals surface area contributed by atoms with Crippen LogP contribution in [0.5, 0.6) is 0 Å². The Morgan fingerprint density at radius 3 is 1.94 bits per heavy atom. The normalized spacial score (nSPS) is 10.8. The molecule has 0 aromatic heterocycles. The second kappa shape index (κ2) is 14.2. The highest BCUT2D eigenvalue weighted by Gasteiger charge is 1.88. The van der Waals surface area contributed by atoms with Crippen LogP contribution in [0.3, 0.4) is 0 Å². The minimum absolute atomic E-state index is 0.729. The summed E-state index contributed by atoms with van der Waals surface area (Å²) in [6.07, 6.45) is 18.2. The molecule has 0 atom stereocenters. The highest BCUT2D eigenvalue weighted by molar-refractivity contribution is 4.81. The van der Waals surface area contributed by atoms with Gasteiger partial charge >= 0.3 is 0 Å². The van der Waals surface area contributed by atoms with Crippen LogP contribution in [0.4, 0.5) is 0 Å². The summed E-state index contributed by atoms with van der Waals surface area (Å²) < 4.78 is 0. The number of nitriles is 1. The van der Waals surface area contributed by atoms with Gasteiger partial charge in [-0.05, 0) is 32.1 Å². The van der Waals surface area contributed by atoms with E-state index < -0.39 is 0 Å². The third kappa shape index (κ3) is 13.2. The molecule has 0 amide bonds. The van der Waals surface area contributed by atoms with Gasteiger partial charge in [-0.3, -0.25) is 0 Å². The van der Waals surface area contributed by atoms with Crippen molar-refractivity contribution in [1.29, 1.82) is 5.26 Å². The minimum Gasteiger partial charge on any atom is -0.198 e. The van der Waals surface area contributed by atoms with Crippen molar-refractivity contribution in [3.8, 4) is 6.07 Å². The van der Waals surface area contributed by atoms with E-state index in [1.165, 1.54) is 57.8 Å². The van der Waals surface area contributed by atoms with Crippen LogP contribution in [0.25, 0.3) is 0 Å². The van der Waals surface area contributed by atoms with E-state index in [-0.39, 0.29) is 0 Å². The molecule has 0 aliphatic carbocycles. The summed E-state index contributed by atoms with van der Waals surface area (Å²) in [6.45, 7) is 2.25. The molecule has 0 aliphatic rings. The van der Waals surface area contributed by atoms with E-state index in [1.807, 2.05) is 0 Å². The van der Waals surface area contributed by atoms with Gasteiger partial charge in [0.05, 0.1) is 6.07 Å². The van der Waals surface area contributed by atoms with Gasteiger partial charge < -0.3 is 0 Å². The number of allylic oxidation sites excluding steroid dienone is 2. The van der Waals surface area contributed by atoms with Crippen molar-refractivity contribution in [3.05, 3.63) is 12.2 Å². The SMILES string of the molecule is CCCCCCC=CCCCCCCC#N. The van der Waals surface area contributed by atoms with E-state index in [0.29, 0.717) is 0 Å². The zero-order valence-electron chi connectivity index (χ0n) is 10.9. The van der Waals surface area contributed by atoms with Gasteiger partial charge in [-0.1, -0.05) is 51.2 Å². The fourth-order valence-corrected chi connectivity index (χ4v) is 1.74. The number of hydrogen-bond acceptors (Lipinski definition) is 1. The second-order valence-electron chi connectivity index (χ2n) is 4.43. The van der Waals surface area contributed by atoms with Crippen LogP contribution in [-0.4, -0.2) is 0 Å². The Hall–Kier alpha value is -0.770. The van der Waals surface area contributed by atoms with Gasteiger partial charge in [-0.25, -0.2) is 0 Å². The minimum atomic E-state index is 0.729. The molecule has 0 saturated heterocycles. The molecule has 0 radical (unpaired) electrons. The van der Waals surface area contributed by atoms with Crippen molar-refractivity contribution in [2.75, 3.05) is 0 Å². The summed E-state index contributed by atoms with van der Waals surface area (Å²) in [4.78, 5) is 0. The van der Waals surface area contributed by atoms with Crippen molar-refractivity contribution in [2.24, 2.45) is 0 Å². The molecule has 16 heavy (non-hydrogen) atoms. The number of unbranched alkanes of at least 4 members (excludes halogenated alkanes) is 9. The third-order valence-electron chi connectivity index (χ3n) is 2.80. The van der Waals surface area contributed by atoms with Crippen LogP contribution in [-0.2, 0) is 0 Å². The summed E-state index contributed by atoms with van der Waals surface area (Å²) in [5.41, 5.74) is 0. The highest BCUT2D eigenvalue weighted by atomic mass is 14.2. The fraction of sp³-hybridized carbons (Fsp3) is 0.800. The lowest BCUT2D eigenvalue weighted by Gasteiger charge is -1.96. The van der Waals surface area contributed by atoms with Crippen molar-refractivity contribution in [2.45, 2.75) is 77.6 Å². The Morgan fingerprint density at radius 1 is 0.812 bits per heavy atom. The molecule has 92 valence electrons. The van der Waals surface area contributed by atoms with Crippen molar-refractivity contribution in [3.63, 3.8) is 0 Å². The number of nitrogens with zero attached hydrogens (tertiary/aromatic N) is 1. The Morgan fingerprint density at radius 2 is 1.38 bits per heavy atom. The lowest BCUT2D eigenvalue weighted by molar-refractivity contribution is 0.652. The molecular weight excluding hydrogens is 194 g/mol. The van der Waals surface area contributed by atoms with Gasteiger partial charge in [-0.15, -0.1) is 0 Å². The number of rotatable bonds is 11. The molecule has 0 aromatic rings. The first-order valence-corrected chi connectivity index (χ1v) is 6.93. The first-order chi connectivity index (χ1) is 7.91. The Bertz CT molecular complexity index is 188. The average Bonchev–Trinajstić information content (AvgIpc) is 2.31. The fourth-order valence-electron chi connectivity index (χ4n) is 1.74. The van der Waals surface area contributed by atoms with E-state index in [1.54, 1.807) is 0 Å². The first kappa shape index (κ1) is 15.2. The van der Waals surface area contributed by atoms with E-state index in [2.05, 4.69) is 25.1 Å². The summed E-state index contributed by atoms with van der Waals surface area (Å²) >= 11 is 0. The van der Waals surface area contributed by atoms with E-state index in [4.69, 9.17) is 5.26 Å². The topological polar surface area (TPSA) is 23.8 Å². The van der Waals surface area contributed by atoms with Crippen LogP contribution in [0.15, 0.2) is 12.2 Å². The van der Waals surface area contributed by atoms with E-state index in [0.717, 1.165) is 12.8 Å². The molecule has 0 spiro atoms. The molecule has 0 aliphatic heterocycles. The Labute approximate surface area is 102 Å². The molecule has 0 heterocycles. The standard InChI is InChI=1S/C15H27N/c1-2-3-4-5-6-7-8-9-10-11-12-13-14-15-16/h7-8H,2-6,9-14H2,1H3. The molecule has 0 unspecified atom stereocenters. The van der Waals surface area contributed by atoms with E-state index >= 15 is 0 Å². The zero-order chi connectivity index (χ0) is 11.9. The quantitative estimate of drug-likeness (QED) is 0.339. The van der Waals surface area contributed by atoms with Gasteiger partial charge in [0.2, 0.25) is 0 Å². The maximum Gasteiger partial charge on any atom is 0.0621 e. The second-order valence-corrected chi connectivity index (χ2v) is 4.43. The lowest BCUT2D eigenvalue weighted by Crippen LogP contribution is -1.77. The summed E-state index contributed by atoms with van der Waals surface area (Å²) in [6, 6.07) is 2.19. The van der Waals surface area contributed by atoms with Crippen LogP contribution in [0.1, 0.15) is 77.6 Å². The van der Waals surface area contributed by atoms with Crippen LogP contribution in [0, 0.1) is 11.3 Å². The molecule has 0 rings (SSSR count). The van der Waals surface area contributed by atoms with Gasteiger partial charge in [-0.2, -0.15) is 5.26 Å². The third-order valence-corrected chi connectivity index (χ3v) is 2.80. The van der Waals surface area contributed by atoms with Gasteiger partial charge in [0.25, 0.3) is 0 Å². The van der Waals surface area contributed by atoms with Gasteiger partial charge in [0.15, 0.2) is 0 Å². The summed E-state index contributed by atoms with van der Waals surface area (Å²) in [7, 11) is 0. The molecule has 0 aromatic carbocycles. The average molecular weight is 221 g/mol. The van der Waals surface area contributed by atoms with Crippen LogP contribution in [0.2, 0.25) is 0 Å². The predicted molar refractivity (Wildman–Crippen MR) is 71.2 cm³/mol. The van der Waals surface area contributed by atoms with Crippen LogP contribution >= 0.6 is 0 Å². The Kier molecular flexibility index (Phi) is 13.5. The molecule has 0 N–H and O–H groups in total. The Balaban J connectivity index is 3.01. The van der Waals surface area contributed by atoms with Crippen molar-refractivity contribution in [1.82, 2.24) is 0 Å². The van der Waals surface area contributed by atoms with Crippen molar-refractivity contribution >= 4 is 0 Å². The molecule has 1 nitrogen and oxygen atoms in total. The zero-order valence-corrected chi connectivity index (χ0v) is 10.9. The maximum absolute atomic E-state index is 8.37. The highest BCUT2D eigenvalue weighted by Crippen LogP contribution is 2.07. The molecule has 0 bridgehead atoms. The summed E-state index contributed by atoms with van der Waals surface area (Å²) in [5.74, 6) is 0. The molecule has 0 fully saturated rings. The van der Waals surface area contributed by atoms with Gasteiger partial charge in [0.1, 0.15) is 0 Å². The molecular formula is C15H27N. The smallest absolute Gasteiger partial charge is 0.0621 e. The van der Waals surface area contributed by atoms with Crippen molar-refractivity contribution < 1.29 is 0 Å². The number of hydrogen-bond donors (Lipinski definition) is 0. The monoisotopic (exact) mass is 221 g/mol. The predicted octanol–water partition coefficient (Wildman–Crippen LogP) is 5.38. The maximum atomic E-state index is 8.37. The lowest BCUT2D eigenvalue weighted by atomic mass is 10.1. The molecule has 0 saturated carbocycles. The van der Waals surface area contributed by atoms with Gasteiger partial charge in [0, 0.05) is 6.42 Å². The summed E-state index contributed by atoms with van der Waals surface area (Å²) in [5, 5.41) is 8.37. The van der Waals surface area contributed by atoms with Crippen LogP contribution < -0.4 is 0 Å². The molecule has 1 heteroatoms. The van der Waals surface area contributed by atoms with E-state index in [9.17, 15) is 0 Å². The largest absolute Gasteiger partial charge is 0.198 e. The first-order valence-electron chi connectivity index (χ1n) is 6.93.